The van der Waals surface area contributed by atoms with Crippen molar-refractivity contribution >= 4 is 38.1 Å². The molecule has 1 aromatic rings. The molecule has 1 heterocycles. The summed E-state index contributed by atoms with van der Waals surface area (Å²) in [6, 6.07) is 2.85. The van der Waals surface area contributed by atoms with Crippen LogP contribution in [0.15, 0.2) is 16.3 Å². The zero-order valence-corrected chi connectivity index (χ0v) is 12.0. The molecule has 2 N–H and O–H groups in total. The number of hydrogen-bond acceptors (Lipinski definition) is 5. The molecule has 9 heteroatoms. The van der Waals surface area contributed by atoms with E-state index in [-0.39, 0.29) is 22.9 Å². The molecule has 0 aromatic carbocycles. The number of carbonyl (C=O) groups is 1. The van der Waals surface area contributed by atoms with Crippen LogP contribution in [-0.4, -0.2) is 42.3 Å². The van der Waals surface area contributed by atoms with Crippen molar-refractivity contribution in [2.24, 2.45) is 0 Å². The Balaban J connectivity index is 2.70. The maximum Gasteiger partial charge on any atom is 0.308 e. The van der Waals surface area contributed by atoms with Gasteiger partial charge >= 0.3 is 5.97 Å². The molecule has 0 bridgehead atoms. The Kier molecular flexibility index (Phi) is 5.45. The Morgan fingerprint density at radius 3 is 2.72 bits per heavy atom. The first-order valence-electron chi connectivity index (χ1n) is 4.91. The van der Waals surface area contributed by atoms with Crippen LogP contribution < -0.4 is 4.72 Å². The maximum atomic E-state index is 11.8. The van der Waals surface area contributed by atoms with Crippen molar-refractivity contribution in [2.75, 3.05) is 18.6 Å². The van der Waals surface area contributed by atoms with Gasteiger partial charge in [0, 0.05) is 34.2 Å². The van der Waals surface area contributed by atoms with E-state index in [2.05, 4.69) is 4.72 Å². The zero-order valence-electron chi connectivity index (χ0n) is 9.58. The molecule has 0 amide bonds. The largest absolute Gasteiger partial charge is 0.481 e. The third-order valence-corrected chi connectivity index (χ3v) is 5.73. The van der Waals surface area contributed by atoms with Gasteiger partial charge in [0.2, 0.25) is 10.0 Å². The second-order valence-corrected chi connectivity index (χ2v) is 8.18. The summed E-state index contributed by atoms with van der Waals surface area (Å²) >= 11 is 0.920. The van der Waals surface area contributed by atoms with Crippen molar-refractivity contribution in [1.29, 1.82) is 0 Å². The summed E-state index contributed by atoms with van der Waals surface area (Å²) in [5.41, 5.74) is 0. The standard InChI is InChI=1S/C9H13NO5S3/c1-17(13)5-4-10-18(14,15)9-3-2-7(16-9)6-8(11)12/h2-3,10H,4-6H2,1H3,(H,11,12). The van der Waals surface area contributed by atoms with Crippen LogP contribution >= 0.6 is 11.3 Å². The lowest BCUT2D eigenvalue weighted by molar-refractivity contribution is -0.136. The topological polar surface area (TPSA) is 101 Å². The molecule has 1 unspecified atom stereocenters. The first-order valence-corrected chi connectivity index (χ1v) is 8.94. The highest BCUT2D eigenvalue weighted by Crippen LogP contribution is 2.21. The van der Waals surface area contributed by atoms with Crippen molar-refractivity contribution < 1.29 is 22.5 Å². The van der Waals surface area contributed by atoms with Gasteiger partial charge in [0.1, 0.15) is 4.21 Å². The lowest BCUT2D eigenvalue weighted by Gasteiger charge is -2.02. The molecule has 1 aromatic heterocycles. The molecule has 0 fully saturated rings. The number of aliphatic carboxylic acids is 1. The minimum absolute atomic E-state index is 0.0700. The fourth-order valence-corrected chi connectivity index (χ4v) is 4.08. The lowest BCUT2D eigenvalue weighted by Crippen LogP contribution is -2.27. The summed E-state index contributed by atoms with van der Waals surface area (Å²) in [5, 5.41) is 8.59. The smallest absolute Gasteiger partial charge is 0.308 e. The number of carboxylic acid groups (broad SMARTS) is 1. The van der Waals surface area contributed by atoms with E-state index < -0.39 is 26.8 Å². The van der Waals surface area contributed by atoms with Gasteiger partial charge in [0.15, 0.2) is 0 Å². The third-order valence-electron chi connectivity index (χ3n) is 1.91. The Labute approximate surface area is 112 Å². The van der Waals surface area contributed by atoms with Gasteiger partial charge in [-0.25, -0.2) is 13.1 Å². The highest BCUT2D eigenvalue weighted by atomic mass is 32.2. The second-order valence-electron chi connectivity index (χ2n) is 3.47. The Hall–Kier alpha value is -0.770. The molecular formula is C9H13NO5S3. The molecule has 1 atom stereocenters. The van der Waals surface area contributed by atoms with Gasteiger partial charge in [-0.3, -0.25) is 9.00 Å². The molecule has 0 aliphatic rings. The molecule has 0 aliphatic carbocycles. The molecular weight excluding hydrogens is 298 g/mol. The summed E-state index contributed by atoms with van der Waals surface area (Å²) in [5.74, 6) is -0.762. The van der Waals surface area contributed by atoms with Crippen LogP contribution in [-0.2, 0) is 32.0 Å². The summed E-state index contributed by atoms with van der Waals surface area (Å²) in [6.45, 7) is 0.0948. The van der Waals surface area contributed by atoms with E-state index in [1.165, 1.54) is 18.4 Å². The van der Waals surface area contributed by atoms with Crippen LogP contribution in [0.3, 0.4) is 0 Å². The van der Waals surface area contributed by atoms with Crippen molar-refractivity contribution in [1.82, 2.24) is 4.72 Å². The number of hydrogen-bond donors (Lipinski definition) is 2. The van der Waals surface area contributed by atoms with Crippen LogP contribution in [0.25, 0.3) is 0 Å². The van der Waals surface area contributed by atoms with Crippen molar-refractivity contribution in [3.8, 4) is 0 Å². The Bertz CT molecular complexity index is 548. The number of sulfonamides is 1. The predicted octanol–water partition coefficient (Wildman–Crippen LogP) is 0.0320. The van der Waals surface area contributed by atoms with Gasteiger partial charge in [-0.05, 0) is 12.1 Å². The first kappa shape index (κ1) is 15.3. The predicted molar refractivity (Wildman–Crippen MR) is 69.8 cm³/mol. The Morgan fingerprint density at radius 2 is 2.17 bits per heavy atom. The normalized spacial score (nSPS) is 13.4. The van der Waals surface area contributed by atoms with E-state index in [0.29, 0.717) is 4.88 Å². The fraction of sp³-hybridized carbons (Fsp3) is 0.444. The number of thiophene rings is 1. The molecule has 0 spiro atoms. The maximum absolute atomic E-state index is 11.8. The van der Waals surface area contributed by atoms with Crippen LogP contribution in [0.1, 0.15) is 4.88 Å². The Morgan fingerprint density at radius 1 is 1.50 bits per heavy atom. The van der Waals surface area contributed by atoms with E-state index in [4.69, 9.17) is 5.11 Å². The van der Waals surface area contributed by atoms with Gasteiger partial charge in [-0.15, -0.1) is 11.3 Å². The van der Waals surface area contributed by atoms with Gasteiger partial charge in [-0.1, -0.05) is 0 Å². The van der Waals surface area contributed by atoms with E-state index >= 15 is 0 Å². The van der Waals surface area contributed by atoms with Crippen molar-refractivity contribution in [3.63, 3.8) is 0 Å². The third kappa shape index (κ3) is 4.84. The SMILES string of the molecule is CS(=O)CCNS(=O)(=O)c1ccc(CC(=O)O)s1. The average molecular weight is 311 g/mol. The van der Waals surface area contributed by atoms with Crippen LogP contribution in [0.2, 0.25) is 0 Å². The molecule has 102 valence electrons. The van der Waals surface area contributed by atoms with E-state index in [0.717, 1.165) is 11.3 Å². The van der Waals surface area contributed by atoms with Gasteiger partial charge in [0.05, 0.1) is 6.42 Å². The van der Waals surface area contributed by atoms with Crippen molar-refractivity contribution in [3.05, 3.63) is 17.0 Å². The van der Waals surface area contributed by atoms with Crippen LogP contribution in [0, 0.1) is 0 Å². The molecule has 0 radical (unpaired) electrons. The van der Waals surface area contributed by atoms with E-state index in [9.17, 15) is 17.4 Å². The molecule has 0 saturated carbocycles. The highest BCUT2D eigenvalue weighted by molar-refractivity contribution is 7.91. The summed E-state index contributed by atoms with van der Waals surface area (Å²) in [7, 11) is -4.69. The van der Waals surface area contributed by atoms with Gasteiger partial charge in [-0.2, -0.15) is 0 Å². The molecule has 0 saturated heterocycles. The van der Waals surface area contributed by atoms with Gasteiger partial charge in [0.25, 0.3) is 0 Å². The number of rotatable bonds is 7. The summed E-state index contributed by atoms with van der Waals surface area (Å²) < 4.78 is 36.7. The molecule has 1 rings (SSSR count). The second kappa shape index (κ2) is 6.41. The molecule has 18 heavy (non-hydrogen) atoms. The minimum Gasteiger partial charge on any atom is -0.481 e. The monoisotopic (exact) mass is 311 g/mol. The lowest BCUT2D eigenvalue weighted by atomic mass is 10.3. The molecule has 0 aliphatic heterocycles. The van der Waals surface area contributed by atoms with E-state index in [1.807, 2.05) is 0 Å². The quantitative estimate of drug-likeness (QED) is 0.740. The zero-order chi connectivity index (χ0) is 13.8. The highest BCUT2D eigenvalue weighted by Gasteiger charge is 2.17. The van der Waals surface area contributed by atoms with Crippen molar-refractivity contribution in [2.45, 2.75) is 10.6 Å². The van der Waals surface area contributed by atoms with Crippen LogP contribution in [0.4, 0.5) is 0 Å². The average Bonchev–Trinajstić information content (AvgIpc) is 2.64. The minimum atomic E-state index is -3.63. The summed E-state index contributed by atoms with van der Waals surface area (Å²) in [6.07, 6.45) is 1.30. The van der Waals surface area contributed by atoms with Crippen LogP contribution in [0.5, 0.6) is 0 Å². The van der Waals surface area contributed by atoms with Gasteiger partial charge < -0.3 is 5.11 Å². The first-order chi connectivity index (χ1) is 8.31. The number of nitrogens with one attached hydrogen (secondary N) is 1. The summed E-state index contributed by atoms with van der Waals surface area (Å²) in [4.78, 5) is 11.0. The molecule has 6 nitrogen and oxygen atoms in total. The fourth-order valence-electron chi connectivity index (χ4n) is 1.14. The number of carboxylic acids is 1. The van der Waals surface area contributed by atoms with E-state index in [1.54, 1.807) is 0 Å².